The van der Waals surface area contributed by atoms with Crippen LogP contribution in [0.1, 0.15) is 40.7 Å². The molecule has 45 heavy (non-hydrogen) atoms. The Morgan fingerprint density at radius 1 is 0.622 bits per heavy atom. The van der Waals surface area contributed by atoms with Crippen molar-refractivity contribution in [3.8, 4) is 22.5 Å². The van der Waals surface area contributed by atoms with Crippen LogP contribution < -0.4 is 4.90 Å². The van der Waals surface area contributed by atoms with Gasteiger partial charge in [-0.05, 0) is 93.3 Å². The van der Waals surface area contributed by atoms with Crippen molar-refractivity contribution in [2.45, 2.75) is 52.7 Å². The molecule has 1 saturated heterocycles. The molecule has 3 aromatic carbocycles. The molecule has 0 amide bonds. The van der Waals surface area contributed by atoms with Crippen LogP contribution in [-0.4, -0.2) is 34.0 Å². The van der Waals surface area contributed by atoms with Crippen molar-refractivity contribution in [2.75, 3.05) is 18.0 Å². The van der Waals surface area contributed by atoms with E-state index in [-0.39, 0.29) is 37.2 Å². The molecular formula is C38H43Cl3N4. The van der Waals surface area contributed by atoms with Crippen LogP contribution in [0.15, 0.2) is 109 Å². The zero-order valence-corrected chi connectivity index (χ0v) is 28.7. The lowest BCUT2D eigenvalue weighted by molar-refractivity contribution is 0.201. The molecule has 0 atom stereocenters. The van der Waals surface area contributed by atoms with E-state index in [9.17, 15) is 0 Å². The molecule has 236 valence electrons. The van der Waals surface area contributed by atoms with Gasteiger partial charge in [0.25, 0.3) is 0 Å². The van der Waals surface area contributed by atoms with Crippen LogP contribution in [0.4, 0.5) is 5.69 Å². The van der Waals surface area contributed by atoms with E-state index in [2.05, 4.69) is 133 Å². The van der Waals surface area contributed by atoms with Gasteiger partial charge in [0.2, 0.25) is 0 Å². The first kappa shape index (κ1) is 36.1. The number of halogens is 3. The molecule has 1 aliphatic rings. The molecule has 7 heteroatoms. The number of anilines is 1. The first-order valence-electron chi connectivity index (χ1n) is 15.1. The molecule has 4 nitrogen and oxygen atoms in total. The highest BCUT2D eigenvalue weighted by atomic mass is 35.5. The Labute approximate surface area is 287 Å². The fourth-order valence-corrected chi connectivity index (χ4v) is 6.08. The summed E-state index contributed by atoms with van der Waals surface area (Å²) in [6.45, 7) is 10.4. The Kier molecular flexibility index (Phi) is 13.4. The van der Waals surface area contributed by atoms with Gasteiger partial charge in [0.15, 0.2) is 0 Å². The summed E-state index contributed by atoms with van der Waals surface area (Å²) in [6.07, 6.45) is 6.19. The van der Waals surface area contributed by atoms with Gasteiger partial charge in [-0.2, -0.15) is 0 Å². The maximum atomic E-state index is 4.70. The lowest BCUT2D eigenvalue weighted by Gasteiger charge is -2.40. The Balaban J connectivity index is 0.00000184. The highest BCUT2D eigenvalue weighted by Crippen LogP contribution is 2.29. The van der Waals surface area contributed by atoms with Crippen molar-refractivity contribution < 1.29 is 0 Å². The average molecular weight is 662 g/mol. The van der Waals surface area contributed by atoms with Crippen LogP contribution in [0, 0.1) is 20.8 Å². The third-order valence-corrected chi connectivity index (χ3v) is 8.40. The Bertz CT molecular complexity index is 1650. The van der Waals surface area contributed by atoms with Gasteiger partial charge < -0.3 is 4.90 Å². The van der Waals surface area contributed by atoms with Crippen LogP contribution in [-0.2, 0) is 13.1 Å². The molecular weight excluding hydrogens is 619 g/mol. The van der Waals surface area contributed by atoms with Crippen molar-refractivity contribution in [3.63, 3.8) is 0 Å². The number of benzene rings is 3. The number of hydrogen-bond donors (Lipinski definition) is 0. The number of nitrogens with zero attached hydrogens (tertiary/aromatic N) is 4. The van der Waals surface area contributed by atoms with E-state index in [0.29, 0.717) is 6.04 Å². The maximum absolute atomic E-state index is 4.70. The number of piperidine rings is 1. The Morgan fingerprint density at radius 3 is 1.71 bits per heavy atom. The van der Waals surface area contributed by atoms with Crippen molar-refractivity contribution in [3.05, 3.63) is 137 Å². The number of hydrogen-bond acceptors (Lipinski definition) is 4. The molecule has 0 aliphatic carbocycles. The molecule has 1 aliphatic heterocycles. The number of rotatable bonds is 8. The van der Waals surface area contributed by atoms with Gasteiger partial charge in [0, 0.05) is 61.4 Å². The fourth-order valence-electron chi connectivity index (χ4n) is 6.08. The molecule has 0 bridgehead atoms. The third kappa shape index (κ3) is 9.31. The van der Waals surface area contributed by atoms with E-state index in [1.807, 2.05) is 12.4 Å². The number of pyridine rings is 2. The lowest BCUT2D eigenvalue weighted by Crippen LogP contribution is -2.44. The highest BCUT2D eigenvalue weighted by molar-refractivity contribution is 5.86. The van der Waals surface area contributed by atoms with Gasteiger partial charge in [0.1, 0.15) is 0 Å². The molecule has 0 spiro atoms. The summed E-state index contributed by atoms with van der Waals surface area (Å²) in [5.41, 5.74) is 12.2. The summed E-state index contributed by atoms with van der Waals surface area (Å²) in [5.74, 6) is 0. The van der Waals surface area contributed by atoms with Gasteiger partial charge in [0.05, 0.1) is 11.4 Å². The molecule has 6 rings (SSSR count). The number of aryl methyl sites for hydroxylation is 3. The summed E-state index contributed by atoms with van der Waals surface area (Å²) in [6, 6.07) is 35.6. The molecule has 1 fully saturated rings. The monoisotopic (exact) mass is 660 g/mol. The Hall–Kier alpha value is -3.41. The molecule has 0 radical (unpaired) electrons. The van der Waals surface area contributed by atoms with Crippen molar-refractivity contribution in [1.29, 1.82) is 0 Å². The molecule has 0 N–H and O–H groups in total. The summed E-state index contributed by atoms with van der Waals surface area (Å²) in [5, 5.41) is 0. The van der Waals surface area contributed by atoms with E-state index in [4.69, 9.17) is 4.98 Å². The van der Waals surface area contributed by atoms with E-state index >= 15 is 0 Å². The molecule has 5 aromatic rings. The lowest BCUT2D eigenvalue weighted by atomic mass is 9.99. The van der Waals surface area contributed by atoms with Crippen LogP contribution in [0.25, 0.3) is 22.5 Å². The predicted octanol–water partition coefficient (Wildman–Crippen LogP) is 9.67. The second-order valence-electron chi connectivity index (χ2n) is 11.8. The first-order chi connectivity index (χ1) is 20.5. The number of likely N-dealkylation sites (tertiary alicyclic amines) is 1. The summed E-state index contributed by atoms with van der Waals surface area (Å²) >= 11 is 0. The largest absolute Gasteiger partial charge is 0.364 e. The summed E-state index contributed by atoms with van der Waals surface area (Å²) < 4.78 is 0. The van der Waals surface area contributed by atoms with Crippen LogP contribution in [0.5, 0.6) is 0 Å². The van der Waals surface area contributed by atoms with E-state index < -0.39 is 0 Å². The van der Waals surface area contributed by atoms with Gasteiger partial charge in [-0.1, -0.05) is 65.2 Å². The highest BCUT2D eigenvalue weighted by Gasteiger charge is 2.25. The molecule has 0 saturated carbocycles. The van der Waals surface area contributed by atoms with Gasteiger partial charge in [-0.25, -0.2) is 0 Å². The Morgan fingerprint density at radius 2 is 1.16 bits per heavy atom. The van der Waals surface area contributed by atoms with Gasteiger partial charge in [-0.15, -0.1) is 37.2 Å². The maximum Gasteiger partial charge on any atom is 0.0705 e. The van der Waals surface area contributed by atoms with Crippen molar-refractivity contribution >= 4 is 42.9 Å². The quantitative estimate of drug-likeness (QED) is 0.166. The van der Waals surface area contributed by atoms with E-state index in [1.165, 1.54) is 44.6 Å². The van der Waals surface area contributed by atoms with Gasteiger partial charge in [-0.3, -0.25) is 14.9 Å². The zero-order chi connectivity index (χ0) is 28.9. The van der Waals surface area contributed by atoms with Crippen LogP contribution >= 0.6 is 37.2 Å². The minimum atomic E-state index is 0. The minimum Gasteiger partial charge on any atom is -0.364 e. The normalized spacial score (nSPS) is 13.2. The van der Waals surface area contributed by atoms with Gasteiger partial charge >= 0.3 is 0 Å². The number of aromatic nitrogens is 2. The van der Waals surface area contributed by atoms with Crippen molar-refractivity contribution in [2.24, 2.45) is 0 Å². The zero-order valence-electron chi connectivity index (χ0n) is 26.2. The third-order valence-electron chi connectivity index (χ3n) is 8.40. The van der Waals surface area contributed by atoms with Crippen LogP contribution in [0.3, 0.4) is 0 Å². The topological polar surface area (TPSA) is 32.3 Å². The SMILES string of the molecule is Cc1ccc(N(Cc2ccnc(-c3cccc(C)c3)c2)C2CCN(Cc3ccnc(-c4cccc(C)c4)c3)CC2)cc1.Cl.Cl.Cl. The van der Waals surface area contributed by atoms with E-state index in [1.54, 1.807) is 0 Å². The van der Waals surface area contributed by atoms with E-state index in [0.717, 1.165) is 50.4 Å². The minimum absolute atomic E-state index is 0. The smallest absolute Gasteiger partial charge is 0.0705 e. The predicted molar refractivity (Wildman–Crippen MR) is 196 cm³/mol. The van der Waals surface area contributed by atoms with Crippen molar-refractivity contribution in [1.82, 2.24) is 14.9 Å². The summed E-state index contributed by atoms with van der Waals surface area (Å²) in [7, 11) is 0. The summed E-state index contributed by atoms with van der Waals surface area (Å²) in [4.78, 5) is 14.6. The fraction of sp³-hybridized carbons (Fsp3) is 0.263. The second-order valence-corrected chi connectivity index (χ2v) is 11.8. The standard InChI is InChI=1S/C38H40N4.3ClH/c1-28-10-12-35(13-11-28)42(27-32-15-19-40-38(25-32)34-9-5-7-30(3)23-34)36-16-20-41(21-17-36)26-31-14-18-39-37(24-31)33-8-4-6-29(2)22-33;;;/h4-15,18-19,22-25,36H,16-17,20-21,26-27H2,1-3H3;3*1H. The average Bonchev–Trinajstić information content (AvgIpc) is 3.01. The molecule has 3 heterocycles. The molecule has 0 unspecified atom stereocenters. The second kappa shape index (κ2) is 16.8. The first-order valence-corrected chi connectivity index (χ1v) is 15.1. The molecule has 2 aromatic heterocycles. The van der Waals surface area contributed by atoms with Crippen LogP contribution in [0.2, 0.25) is 0 Å².